The van der Waals surface area contributed by atoms with Crippen molar-refractivity contribution >= 4 is 34.8 Å². The number of hydrogen-bond acceptors (Lipinski definition) is 3. The van der Waals surface area contributed by atoms with Gasteiger partial charge in [0.2, 0.25) is 11.8 Å². The van der Waals surface area contributed by atoms with Crippen molar-refractivity contribution in [2.75, 3.05) is 10.6 Å². The molecule has 0 bridgehead atoms. The van der Waals surface area contributed by atoms with Crippen LogP contribution in [0.2, 0.25) is 5.02 Å². The molecule has 0 atom stereocenters. The molecule has 6 heteroatoms. The Labute approximate surface area is 164 Å². The van der Waals surface area contributed by atoms with Crippen molar-refractivity contribution in [1.82, 2.24) is 0 Å². The number of rotatable bonds is 6. The Hall–Kier alpha value is -2.53. The summed E-state index contributed by atoms with van der Waals surface area (Å²) in [7, 11) is 0. The van der Waals surface area contributed by atoms with E-state index in [1.165, 1.54) is 0 Å². The lowest BCUT2D eigenvalue weighted by Gasteiger charge is -2.17. The average Bonchev–Trinajstić information content (AvgIpc) is 3.41. The molecule has 1 saturated carbocycles. The van der Waals surface area contributed by atoms with E-state index in [2.05, 4.69) is 10.6 Å². The number of hydrogen-bond donors (Lipinski definition) is 2. The number of carbonyl (C=O) groups excluding carboxylic acids is 2. The van der Waals surface area contributed by atoms with Gasteiger partial charge in [-0.3, -0.25) is 9.59 Å². The molecule has 142 valence electrons. The van der Waals surface area contributed by atoms with Gasteiger partial charge in [0.1, 0.15) is 11.2 Å². The lowest BCUT2D eigenvalue weighted by atomic mass is 10.0. The van der Waals surface area contributed by atoms with Crippen molar-refractivity contribution in [1.29, 1.82) is 0 Å². The van der Waals surface area contributed by atoms with Gasteiger partial charge in [0.15, 0.2) is 0 Å². The van der Waals surface area contributed by atoms with E-state index in [1.54, 1.807) is 36.4 Å². The van der Waals surface area contributed by atoms with Crippen LogP contribution in [0.4, 0.5) is 11.4 Å². The number of carbonyl (C=O) groups is 2. The Morgan fingerprint density at radius 3 is 2.26 bits per heavy atom. The van der Waals surface area contributed by atoms with Gasteiger partial charge in [0.25, 0.3) is 0 Å². The van der Waals surface area contributed by atoms with Crippen LogP contribution in [0.5, 0.6) is 5.75 Å². The van der Waals surface area contributed by atoms with Crippen LogP contribution in [0.15, 0.2) is 42.5 Å². The first-order valence-electron chi connectivity index (χ1n) is 8.96. The molecule has 2 aromatic carbocycles. The van der Waals surface area contributed by atoms with E-state index in [0.29, 0.717) is 29.2 Å². The highest BCUT2D eigenvalue weighted by atomic mass is 35.5. The minimum atomic E-state index is -1.03. The summed E-state index contributed by atoms with van der Waals surface area (Å²) in [5, 5.41) is 6.22. The number of halogens is 1. The SMILES string of the molecule is Cc1ccc(Cl)cc1NC(=O)C1(C(=O)Nc2ccc(OC(C)C)cc2)CC1. The van der Waals surface area contributed by atoms with E-state index in [4.69, 9.17) is 16.3 Å². The molecule has 0 aliphatic heterocycles. The predicted molar refractivity (Wildman–Crippen MR) is 107 cm³/mol. The molecule has 2 amide bonds. The maximum Gasteiger partial charge on any atom is 0.240 e. The average molecular weight is 387 g/mol. The van der Waals surface area contributed by atoms with Crippen LogP contribution in [0.25, 0.3) is 0 Å². The van der Waals surface area contributed by atoms with E-state index in [9.17, 15) is 9.59 Å². The van der Waals surface area contributed by atoms with Gasteiger partial charge >= 0.3 is 0 Å². The molecule has 0 unspecified atom stereocenters. The highest BCUT2D eigenvalue weighted by Crippen LogP contribution is 2.47. The molecule has 0 aromatic heterocycles. The summed E-state index contributed by atoms with van der Waals surface area (Å²) in [5.41, 5.74) is 1.13. The minimum Gasteiger partial charge on any atom is -0.491 e. The van der Waals surface area contributed by atoms with Crippen LogP contribution < -0.4 is 15.4 Å². The lowest BCUT2D eigenvalue weighted by molar-refractivity contribution is -0.131. The number of aryl methyl sites for hydroxylation is 1. The largest absolute Gasteiger partial charge is 0.491 e. The molecular weight excluding hydrogens is 364 g/mol. The molecule has 1 aliphatic carbocycles. The molecule has 3 rings (SSSR count). The summed E-state index contributed by atoms with van der Waals surface area (Å²) >= 11 is 6.00. The summed E-state index contributed by atoms with van der Waals surface area (Å²) < 4.78 is 5.59. The molecule has 0 radical (unpaired) electrons. The van der Waals surface area contributed by atoms with Gasteiger partial charge in [-0.2, -0.15) is 0 Å². The first-order valence-corrected chi connectivity index (χ1v) is 9.34. The van der Waals surface area contributed by atoms with Crippen LogP contribution in [-0.4, -0.2) is 17.9 Å². The number of amides is 2. The quantitative estimate of drug-likeness (QED) is 0.701. The normalized spacial score (nSPS) is 14.6. The highest BCUT2D eigenvalue weighted by molar-refractivity contribution is 6.31. The van der Waals surface area contributed by atoms with Gasteiger partial charge in [-0.15, -0.1) is 0 Å². The second-order valence-corrected chi connectivity index (χ2v) is 7.58. The maximum atomic E-state index is 12.7. The van der Waals surface area contributed by atoms with Gasteiger partial charge in [0, 0.05) is 16.4 Å². The zero-order chi connectivity index (χ0) is 19.6. The molecule has 0 saturated heterocycles. The van der Waals surface area contributed by atoms with E-state index < -0.39 is 5.41 Å². The molecule has 0 heterocycles. The topological polar surface area (TPSA) is 67.4 Å². The van der Waals surface area contributed by atoms with Gasteiger partial charge in [-0.1, -0.05) is 17.7 Å². The van der Waals surface area contributed by atoms with Crippen molar-refractivity contribution in [2.45, 2.75) is 39.7 Å². The fourth-order valence-corrected chi connectivity index (χ4v) is 2.96. The van der Waals surface area contributed by atoms with Crippen molar-refractivity contribution in [3.63, 3.8) is 0 Å². The Bertz CT molecular complexity index is 858. The zero-order valence-electron chi connectivity index (χ0n) is 15.6. The van der Waals surface area contributed by atoms with E-state index in [-0.39, 0.29) is 17.9 Å². The van der Waals surface area contributed by atoms with Crippen molar-refractivity contribution < 1.29 is 14.3 Å². The third kappa shape index (κ3) is 4.42. The molecule has 5 nitrogen and oxygen atoms in total. The smallest absolute Gasteiger partial charge is 0.240 e. The van der Waals surface area contributed by atoms with Crippen LogP contribution in [0.3, 0.4) is 0 Å². The third-order valence-corrected chi connectivity index (χ3v) is 4.79. The zero-order valence-corrected chi connectivity index (χ0v) is 16.4. The van der Waals surface area contributed by atoms with Crippen LogP contribution in [0, 0.1) is 12.3 Å². The van der Waals surface area contributed by atoms with Gasteiger partial charge in [0.05, 0.1) is 6.10 Å². The predicted octanol–water partition coefficient (Wildman–Crippen LogP) is 4.79. The summed E-state index contributed by atoms with van der Waals surface area (Å²) in [6.07, 6.45) is 1.14. The molecule has 2 aromatic rings. The van der Waals surface area contributed by atoms with Crippen LogP contribution >= 0.6 is 11.6 Å². The summed E-state index contributed by atoms with van der Waals surface area (Å²) in [5.74, 6) is 0.139. The van der Waals surface area contributed by atoms with Gasteiger partial charge in [-0.25, -0.2) is 0 Å². The number of ether oxygens (including phenoxy) is 1. The van der Waals surface area contributed by atoms with Gasteiger partial charge in [-0.05, 0) is 75.6 Å². The molecular formula is C21H23ClN2O3. The van der Waals surface area contributed by atoms with Crippen molar-refractivity contribution in [3.05, 3.63) is 53.1 Å². The Morgan fingerprint density at radius 2 is 1.67 bits per heavy atom. The van der Waals surface area contributed by atoms with Crippen molar-refractivity contribution in [3.8, 4) is 5.75 Å². The van der Waals surface area contributed by atoms with E-state index in [0.717, 1.165) is 11.3 Å². The highest BCUT2D eigenvalue weighted by Gasteiger charge is 2.56. The Kier molecular flexibility index (Phi) is 5.42. The van der Waals surface area contributed by atoms with Gasteiger partial charge < -0.3 is 15.4 Å². The van der Waals surface area contributed by atoms with E-state index >= 15 is 0 Å². The van der Waals surface area contributed by atoms with Crippen LogP contribution in [0.1, 0.15) is 32.3 Å². The number of nitrogens with one attached hydrogen (secondary N) is 2. The molecule has 2 N–H and O–H groups in total. The lowest BCUT2D eigenvalue weighted by Crippen LogP contribution is -2.35. The third-order valence-electron chi connectivity index (χ3n) is 4.55. The maximum absolute atomic E-state index is 12.7. The molecule has 0 spiro atoms. The fourth-order valence-electron chi connectivity index (χ4n) is 2.79. The standard InChI is InChI=1S/C21H23ClN2O3/c1-13(2)27-17-8-6-16(7-9-17)23-19(25)21(10-11-21)20(26)24-18-12-15(22)5-4-14(18)3/h4-9,12-13H,10-11H2,1-3H3,(H,23,25)(H,24,26). The Balaban J connectivity index is 1.67. The second-order valence-electron chi connectivity index (χ2n) is 7.14. The fraction of sp³-hybridized carbons (Fsp3) is 0.333. The molecule has 27 heavy (non-hydrogen) atoms. The first kappa shape index (κ1) is 19.2. The summed E-state index contributed by atoms with van der Waals surface area (Å²) in [6.45, 7) is 5.78. The van der Waals surface area contributed by atoms with Crippen LogP contribution in [-0.2, 0) is 9.59 Å². The Morgan fingerprint density at radius 1 is 1.04 bits per heavy atom. The second kappa shape index (κ2) is 7.61. The molecule has 1 fully saturated rings. The minimum absolute atomic E-state index is 0.0822. The first-order chi connectivity index (χ1) is 12.8. The summed E-state index contributed by atoms with van der Waals surface area (Å²) in [6, 6.07) is 12.4. The molecule has 1 aliphatic rings. The summed E-state index contributed by atoms with van der Waals surface area (Å²) in [4.78, 5) is 25.4. The number of anilines is 2. The number of benzene rings is 2. The van der Waals surface area contributed by atoms with E-state index in [1.807, 2.05) is 26.8 Å². The monoisotopic (exact) mass is 386 g/mol. The van der Waals surface area contributed by atoms with Crippen molar-refractivity contribution in [2.24, 2.45) is 5.41 Å².